The second-order valence-corrected chi connectivity index (χ2v) is 6.53. The molecule has 21 heavy (non-hydrogen) atoms. The van der Waals surface area contributed by atoms with Crippen LogP contribution in [0.2, 0.25) is 0 Å². The third-order valence-electron chi connectivity index (χ3n) is 2.20. The zero-order chi connectivity index (χ0) is 16.0. The molecule has 0 aliphatic heterocycles. The molecule has 0 aliphatic carbocycles. The van der Waals surface area contributed by atoms with Crippen LogP contribution in [0.15, 0.2) is 10.5 Å². The number of oxime groups is 1. The average molecular weight is 338 g/mol. The normalized spacial score (nSPS) is 12.3. The minimum Gasteiger partial charge on any atom is -0.398 e. The van der Waals surface area contributed by atoms with Gasteiger partial charge >= 0.3 is 13.5 Å². The molecule has 12 heteroatoms. The van der Waals surface area contributed by atoms with Crippen molar-refractivity contribution in [1.82, 2.24) is 10.0 Å². The van der Waals surface area contributed by atoms with Crippen molar-refractivity contribution in [1.29, 1.82) is 0 Å². The summed E-state index contributed by atoms with van der Waals surface area (Å²) in [6, 6.07) is 0. The molecule has 1 aromatic heterocycles. The molecule has 0 unspecified atom stereocenters. The lowest BCUT2D eigenvalue weighted by molar-refractivity contribution is -0.157. The Bertz CT molecular complexity index is 570. The fraction of sp³-hybridized carbons (Fsp3) is 0.444. The smallest absolute Gasteiger partial charge is 0.325 e. The van der Waals surface area contributed by atoms with E-state index in [4.69, 9.17) is 15.5 Å². The molecule has 118 valence electrons. The van der Waals surface area contributed by atoms with Crippen LogP contribution in [0.1, 0.15) is 12.1 Å². The molecule has 1 amide bonds. The Morgan fingerprint density at radius 3 is 2.76 bits per heavy atom. The third-order valence-corrected chi connectivity index (χ3v) is 3.78. The van der Waals surface area contributed by atoms with E-state index in [2.05, 4.69) is 15.0 Å². The first-order valence-electron chi connectivity index (χ1n) is 5.62. The first kappa shape index (κ1) is 17.5. The Morgan fingerprint density at radius 1 is 1.62 bits per heavy atom. The first-order chi connectivity index (χ1) is 9.74. The monoisotopic (exact) mass is 338 g/mol. The summed E-state index contributed by atoms with van der Waals surface area (Å²) in [5, 5.41) is 15.1. The van der Waals surface area contributed by atoms with Crippen molar-refractivity contribution in [3.05, 3.63) is 11.1 Å². The molecule has 1 heterocycles. The fourth-order valence-electron chi connectivity index (χ4n) is 1.33. The van der Waals surface area contributed by atoms with E-state index in [1.165, 1.54) is 12.5 Å². The first-order valence-corrected chi connectivity index (χ1v) is 8.30. The van der Waals surface area contributed by atoms with Crippen molar-refractivity contribution >= 4 is 35.7 Å². The van der Waals surface area contributed by atoms with Crippen molar-refractivity contribution in [2.75, 3.05) is 25.6 Å². The Morgan fingerprint density at radius 2 is 2.29 bits per heavy atom. The molecule has 0 fully saturated rings. The molecule has 1 rings (SSSR count). The van der Waals surface area contributed by atoms with Gasteiger partial charge in [-0.15, -0.1) is 11.3 Å². The van der Waals surface area contributed by atoms with Crippen molar-refractivity contribution in [2.45, 2.75) is 6.42 Å². The summed E-state index contributed by atoms with van der Waals surface area (Å²) in [7, 11) is -2.95. The van der Waals surface area contributed by atoms with Gasteiger partial charge in [0.05, 0.1) is 6.16 Å². The van der Waals surface area contributed by atoms with E-state index in [1.54, 1.807) is 0 Å². The molecule has 10 nitrogen and oxygen atoms in total. The SMILES string of the molecule is CO/N=C(\C(=O)N(O)CCCP(=O)(O)O)c1csc(N)n1. The molecule has 0 spiro atoms. The Balaban J connectivity index is 2.73. The third kappa shape index (κ3) is 5.78. The summed E-state index contributed by atoms with van der Waals surface area (Å²) in [6.07, 6.45) is -0.524. The van der Waals surface area contributed by atoms with Gasteiger partial charge in [-0.3, -0.25) is 14.6 Å². The fourth-order valence-corrected chi connectivity index (χ4v) is 2.43. The standard InChI is InChI=1S/C9H15N4O6PS/c1-19-12-7(6-5-21-9(10)11-6)8(14)13(15)3-2-4-20(16,17)18/h5,15H,2-4H2,1H3,(H2,10,11)(H2,16,17,18)/b12-7-. The summed E-state index contributed by atoms with van der Waals surface area (Å²) in [4.78, 5) is 37.8. The largest absolute Gasteiger partial charge is 0.398 e. The van der Waals surface area contributed by atoms with Crippen LogP contribution in [0.3, 0.4) is 0 Å². The number of hydroxylamine groups is 2. The van der Waals surface area contributed by atoms with Gasteiger partial charge in [0.15, 0.2) is 10.8 Å². The number of rotatable bonds is 7. The van der Waals surface area contributed by atoms with Crippen LogP contribution in [-0.2, 0) is 14.2 Å². The number of hydrogen-bond donors (Lipinski definition) is 4. The van der Waals surface area contributed by atoms with Gasteiger partial charge in [-0.25, -0.2) is 10.0 Å². The summed E-state index contributed by atoms with van der Waals surface area (Å²) >= 11 is 1.08. The van der Waals surface area contributed by atoms with E-state index in [1.807, 2.05) is 0 Å². The summed E-state index contributed by atoms with van der Waals surface area (Å²) in [5.74, 6) is -0.909. The van der Waals surface area contributed by atoms with Gasteiger partial charge in [-0.2, -0.15) is 0 Å². The van der Waals surface area contributed by atoms with Crippen LogP contribution in [0, 0.1) is 0 Å². The molecular weight excluding hydrogens is 323 g/mol. The number of thiazole rings is 1. The number of nitrogens with zero attached hydrogens (tertiary/aromatic N) is 3. The van der Waals surface area contributed by atoms with Crippen molar-refractivity contribution in [3.63, 3.8) is 0 Å². The molecule has 0 aromatic carbocycles. The Kier molecular flexibility index (Phi) is 6.24. The maximum atomic E-state index is 12.0. The minimum atomic E-state index is -4.17. The van der Waals surface area contributed by atoms with Crippen molar-refractivity contribution in [3.8, 4) is 0 Å². The second-order valence-electron chi connectivity index (χ2n) is 3.86. The molecule has 1 aromatic rings. The molecule has 5 N–H and O–H groups in total. The molecule has 0 atom stereocenters. The maximum absolute atomic E-state index is 12.0. The van der Waals surface area contributed by atoms with Gasteiger partial charge in [-0.1, -0.05) is 5.16 Å². The number of amides is 1. The zero-order valence-electron chi connectivity index (χ0n) is 11.0. The van der Waals surface area contributed by atoms with Crippen molar-refractivity contribution in [2.24, 2.45) is 5.16 Å². The van der Waals surface area contributed by atoms with E-state index >= 15 is 0 Å². The lowest BCUT2D eigenvalue weighted by Gasteiger charge is -2.15. The van der Waals surface area contributed by atoms with Crippen LogP contribution in [0.25, 0.3) is 0 Å². The van der Waals surface area contributed by atoms with E-state index in [0.29, 0.717) is 5.06 Å². The molecular formula is C9H15N4O6PS. The summed E-state index contributed by atoms with van der Waals surface area (Å²) in [6.45, 7) is -0.272. The maximum Gasteiger partial charge on any atom is 0.325 e. The van der Waals surface area contributed by atoms with Gasteiger partial charge in [0.25, 0.3) is 0 Å². The van der Waals surface area contributed by atoms with Crippen LogP contribution >= 0.6 is 18.9 Å². The van der Waals surface area contributed by atoms with Crippen LogP contribution < -0.4 is 5.73 Å². The van der Waals surface area contributed by atoms with E-state index < -0.39 is 19.7 Å². The van der Waals surface area contributed by atoms with Gasteiger partial charge in [-0.05, 0) is 6.42 Å². The molecule has 0 saturated carbocycles. The highest BCUT2D eigenvalue weighted by Gasteiger charge is 2.24. The molecule has 0 radical (unpaired) electrons. The summed E-state index contributed by atoms with van der Waals surface area (Å²) in [5.41, 5.74) is 5.33. The Hall–Kier alpha value is -1.52. The number of anilines is 1. The lowest BCUT2D eigenvalue weighted by atomic mass is 10.2. The number of aromatic nitrogens is 1. The summed E-state index contributed by atoms with van der Waals surface area (Å²) < 4.78 is 10.7. The lowest BCUT2D eigenvalue weighted by Crippen LogP contribution is -2.35. The van der Waals surface area contributed by atoms with Crippen LogP contribution in [0.5, 0.6) is 0 Å². The van der Waals surface area contributed by atoms with Crippen molar-refractivity contribution < 1.29 is 29.2 Å². The molecule has 0 saturated heterocycles. The molecule has 0 bridgehead atoms. The highest BCUT2D eigenvalue weighted by molar-refractivity contribution is 7.51. The Labute approximate surface area is 124 Å². The second kappa shape index (κ2) is 7.48. The quantitative estimate of drug-likeness (QED) is 0.231. The van der Waals surface area contributed by atoms with E-state index in [-0.39, 0.29) is 29.5 Å². The van der Waals surface area contributed by atoms with Gasteiger partial charge < -0.3 is 20.4 Å². The topological polar surface area (TPSA) is 159 Å². The highest BCUT2D eigenvalue weighted by Crippen LogP contribution is 2.34. The number of carbonyl (C=O) groups excluding carboxylic acids is 1. The number of nitrogen functional groups attached to an aromatic ring is 1. The highest BCUT2D eigenvalue weighted by atomic mass is 32.1. The van der Waals surface area contributed by atoms with Gasteiger partial charge in [0.2, 0.25) is 0 Å². The van der Waals surface area contributed by atoms with Gasteiger partial charge in [0.1, 0.15) is 12.8 Å². The number of hydrogen-bond acceptors (Lipinski definition) is 8. The number of carbonyl (C=O) groups is 1. The van der Waals surface area contributed by atoms with Crippen LogP contribution in [0.4, 0.5) is 5.13 Å². The molecule has 0 aliphatic rings. The van der Waals surface area contributed by atoms with Crippen LogP contribution in [-0.4, -0.2) is 56.5 Å². The minimum absolute atomic E-state index is 0.0774. The predicted molar refractivity (Wildman–Crippen MR) is 75.1 cm³/mol. The average Bonchev–Trinajstić information content (AvgIpc) is 2.80. The van der Waals surface area contributed by atoms with E-state index in [9.17, 15) is 14.6 Å². The van der Waals surface area contributed by atoms with E-state index in [0.717, 1.165) is 11.3 Å². The zero-order valence-corrected chi connectivity index (χ0v) is 12.8. The number of nitrogens with two attached hydrogens (primary N) is 1. The predicted octanol–water partition coefficient (Wildman–Crippen LogP) is -0.139. The van der Waals surface area contributed by atoms with Gasteiger partial charge in [0, 0.05) is 11.9 Å².